The number of rotatable bonds is 7. The van der Waals surface area contributed by atoms with E-state index in [4.69, 9.17) is 4.42 Å². The molecule has 0 aliphatic carbocycles. The van der Waals surface area contributed by atoms with Crippen LogP contribution in [0.25, 0.3) is 93.6 Å². The van der Waals surface area contributed by atoms with Gasteiger partial charge in [0.25, 0.3) is 0 Å². The largest absolute Gasteiger partial charge is 0.456 e. The van der Waals surface area contributed by atoms with E-state index in [0.29, 0.717) is 0 Å². The molecule has 2 heterocycles. The first-order valence-electron chi connectivity index (χ1n) is 20.8. The second-order valence-corrected chi connectivity index (χ2v) is 15.6. The molecular weight excluding hydrogens is 741 g/mol. The van der Waals surface area contributed by atoms with E-state index in [-0.39, 0.29) is 0 Å². The van der Waals surface area contributed by atoms with Crippen molar-refractivity contribution >= 4 is 71.6 Å². The normalized spacial score (nSPS) is 11.6. The predicted molar refractivity (Wildman–Crippen MR) is 257 cm³/mol. The monoisotopic (exact) mass is 778 g/mol. The van der Waals surface area contributed by atoms with Gasteiger partial charge in [-0.25, -0.2) is 0 Å². The van der Waals surface area contributed by atoms with Crippen molar-refractivity contribution in [3.8, 4) is 39.1 Å². The van der Waals surface area contributed by atoms with E-state index in [1.165, 1.54) is 49.4 Å². The molecule has 0 N–H and O–H groups in total. The van der Waals surface area contributed by atoms with Gasteiger partial charge in [0.15, 0.2) is 0 Å². The molecule has 0 bridgehead atoms. The van der Waals surface area contributed by atoms with Crippen LogP contribution in [0.2, 0.25) is 0 Å². The van der Waals surface area contributed by atoms with Crippen LogP contribution in [0.15, 0.2) is 235 Å². The van der Waals surface area contributed by atoms with Crippen LogP contribution in [0, 0.1) is 0 Å². The smallest absolute Gasteiger partial charge is 0.135 e. The average Bonchev–Trinajstić information content (AvgIpc) is 3.88. The van der Waals surface area contributed by atoms with Crippen LogP contribution < -0.4 is 4.90 Å². The highest BCUT2D eigenvalue weighted by molar-refractivity contribution is 6.19. The quantitative estimate of drug-likeness (QED) is 0.161. The van der Waals surface area contributed by atoms with Gasteiger partial charge in [0.2, 0.25) is 0 Å². The van der Waals surface area contributed by atoms with E-state index < -0.39 is 0 Å². The molecule has 0 aliphatic rings. The number of nitrogens with zero attached hydrogens (tertiary/aromatic N) is 2. The van der Waals surface area contributed by atoms with Gasteiger partial charge in [-0.2, -0.15) is 0 Å². The number of anilines is 3. The predicted octanol–water partition coefficient (Wildman–Crippen LogP) is 16.3. The fourth-order valence-corrected chi connectivity index (χ4v) is 9.46. The molecule has 10 aromatic carbocycles. The molecule has 0 amide bonds. The highest BCUT2D eigenvalue weighted by atomic mass is 16.3. The molecule has 0 spiro atoms. The molecular formula is C58H38N2O. The Morgan fingerprint density at radius 3 is 1.75 bits per heavy atom. The van der Waals surface area contributed by atoms with Crippen LogP contribution in [0.1, 0.15) is 0 Å². The molecule has 0 radical (unpaired) electrons. The number of furan rings is 1. The van der Waals surface area contributed by atoms with Crippen molar-refractivity contribution in [1.29, 1.82) is 0 Å². The second kappa shape index (κ2) is 14.3. The van der Waals surface area contributed by atoms with Crippen molar-refractivity contribution in [2.24, 2.45) is 0 Å². The maximum atomic E-state index is 6.37. The number of hydrogen-bond donors (Lipinski definition) is 0. The first-order valence-corrected chi connectivity index (χ1v) is 20.8. The first kappa shape index (κ1) is 34.9. The topological polar surface area (TPSA) is 21.3 Å². The fourth-order valence-electron chi connectivity index (χ4n) is 9.46. The maximum absolute atomic E-state index is 6.37. The number of fused-ring (bicyclic) bond motifs is 7. The van der Waals surface area contributed by atoms with Crippen molar-refractivity contribution in [2.45, 2.75) is 0 Å². The molecule has 12 rings (SSSR count). The summed E-state index contributed by atoms with van der Waals surface area (Å²) in [6.07, 6.45) is 0. The maximum Gasteiger partial charge on any atom is 0.135 e. The van der Waals surface area contributed by atoms with Gasteiger partial charge in [-0.05, 0) is 99.9 Å². The van der Waals surface area contributed by atoms with Crippen molar-refractivity contribution in [3.63, 3.8) is 0 Å². The molecule has 0 atom stereocenters. The van der Waals surface area contributed by atoms with E-state index >= 15 is 0 Å². The number of benzene rings is 10. The highest BCUT2D eigenvalue weighted by Crippen LogP contribution is 2.48. The second-order valence-electron chi connectivity index (χ2n) is 15.6. The van der Waals surface area contributed by atoms with Crippen molar-refractivity contribution in [1.82, 2.24) is 4.57 Å². The lowest BCUT2D eigenvalue weighted by atomic mass is 9.92. The third-order valence-electron chi connectivity index (χ3n) is 12.2. The highest BCUT2D eigenvalue weighted by Gasteiger charge is 2.24. The molecule has 286 valence electrons. The fraction of sp³-hybridized carbons (Fsp3) is 0. The zero-order valence-electron chi connectivity index (χ0n) is 33.2. The number of aromatic nitrogens is 1. The minimum absolute atomic E-state index is 0.871. The Morgan fingerprint density at radius 1 is 0.328 bits per heavy atom. The lowest BCUT2D eigenvalue weighted by Gasteiger charge is -2.30. The van der Waals surface area contributed by atoms with Crippen molar-refractivity contribution in [2.75, 3.05) is 4.90 Å². The van der Waals surface area contributed by atoms with Gasteiger partial charge < -0.3 is 13.9 Å². The van der Waals surface area contributed by atoms with Gasteiger partial charge in [0.1, 0.15) is 11.2 Å². The summed E-state index contributed by atoms with van der Waals surface area (Å²) in [7, 11) is 0. The molecule has 61 heavy (non-hydrogen) atoms. The standard InChI is InChI=1S/C58H38N2O/c1-4-17-39(18-5-1)41-31-34-54(50(37-41)40-19-6-2-7-20-40)60(43-32-36-57-51(38-43)47-25-13-15-30-56(47)61-57)53-35-33-45(44-23-10-11-24-46(44)53)48-27-16-29-55-58(48)49-26-12-14-28-52(49)59(55)42-21-8-3-9-22-42/h1-38H. The zero-order valence-corrected chi connectivity index (χ0v) is 33.2. The Labute approximate surface area is 353 Å². The van der Waals surface area contributed by atoms with Crippen LogP contribution in [0.4, 0.5) is 17.1 Å². The Morgan fingerprint density at radius 2 is 0.951 bits per heavy atom. The van der Waals surface area contributed by atoms with E-state index in [0.717, 1.165) is 61.2 Å². The van der Waals surface area contributed by atoms with Gasteiger partial charge in [-0.15, -0.1) is 0 Å². The Hall–Kier alpha value is -8.14. The SMILES string of the molecule is c1ccc(-c2ccc(N(c3ccc4oc5ccccc5c4c3)c3ccc(-c4cccc5c4c4ccccc4n5-c4ccccc4)c4ccccc34)c(-c3ccccc3)c2)cc1. The molecule has 3 nitrogen and oxygen atoms in total. The third kappa shape index (κ3) is 5.74. The molecule has 0 aliphatic heterocycles. The minimum atomic E-state index is 0.871. The average molecular weight is 779 g/mol. The molecule has 3 heteroatoms. The van der Waals surface area contributed by atoms with Gasteiger partial charge in [0.05, 0.1) is 22.4 Å². The van der Waals surface area contributed by atoms with Crippen LogP contribution in [-0.2, 0) is 0 Å². The summed E-state index contributed by atoms with van der Waals surface area (Å²) in [4.78, 5) is 2.45. The Bertz CT molecular complexity index is 3580. The van der Waals surface area contributed by atoms with Crippen LogP contribution in [0.5, 0.6) is 0 Å². The summed E-state index contributed by atoms with van der Waals surface area (Å²) >= 11 is 0. The number of para-hydroxylation sites is 3. The summed E-state index contributed by atoms with van der Waals surface area (Å²) < 4.78 is 8.76. The molecule has 0 saturated heterocycles. The van der Waals surface area contributed by atoms with Crippen molar-refractivity contribution in [3.05, 3.63) is 231 Å². The van der Waals surface area contributed by atoms with Gasteiger partial charge in [-0.3, -0.25) is 0 Å². The van der Waals surface area contributed by atoms with E-state index in [1.54, 1.807) is 0 Å². The summed E-state index contributed by atoms with van der Waals surface area (Å²) in [5.74, 6) is 0. The third-order valence-corrected chi connectivity index (χ3v) is 12.2. The van der Waals surface area contributed by atoms with Crippen LogP contribution in [0.3, 0.4) is 0 Å². The van der Waals surface area contributed by atoms with E-state index in [1.807, 2.05) is 12.1 Å². The molecule has 0 saturated carbocycles. The molecule has 12 aromatic rings. The summed E-state index contributed by atoms with van der Waals surface area (Å²) in [5.41, 5.74) is 15.6. The molecule has 2 aromatic heterocycles. The van der Waals surface area contributed by atoms with E-state index in [2.05, 4.69) is 228 Å². The Balaban J connectivity index is 1.13. The van der Waals surface area contributed by atoms with Crippen LogP contribution in [-0.4, -0.2) is 4.57 Å². The molecule has 0 fully saturated rings. The Kier molecular flexibility index (Phi) is 8.17. The lowest BCUT2D eigenvalue weighted by Crippen LogP contribution is -2.12. The summed E-state index contributed by atoms with van der Waals surface area (Å²) in [5, 5.41) is 7.01. The van der Waals surface area contributed by atoms with Crippen molar-refractivity contribution < 1.29 is 4.42 Å². The zero-order chi connectivity index (χ0) is 40.3. The summed E-state index contributed by atoms with van der Waals surface area (Å²) in [6.45, 7) is 0. The lowest BCUT2D eigenvalue weighted by molar-refractivity contribution is 0.669. The minimum Gasteiger partial charge on any atom is -0.456 e. The van der Waals surface area contributed by atoms with Crippen LogP contribution >= 0.6 is 0 Å². The molecule has 0 unspecified atom stereocenters. The number of hydrogen-bond acceptors (Lipinski definition) is 2. The summed E-state index contributed by atoms with van der Waals surface area (Å²) in [6, 6.07) is 83.0. The van der Waals surface area contributed by atoms with Gasteiger partial charge in [-0.1, -0.05) is 164 Å². The first-order chi connectivity index (χ1) is 30.3. The van der Waals surface area contributed by atoms with E-state index in [9.17, 15) is 0 Å². The van der Waals surface area contributed by atoms with Gasteiger partial charge >= 0.3 is 0 Å². The van der Waals surface area contributed by atoms with Gasteiger partial charge in [0, 0.05) is 43.9 Å².